The molecule has 34 heavy (non-hydrogen) atoms. The molecule has 1 saturated heterocycles. The molecule has 0 spiro atoms. The lowest BCUT2D eigenvalue weighted by molar-refractivity contribution is -0.149. The second kappa shape index (κ2) is 12.0. The lowest BCUT2D eigenvalue weighted by Crippen LogP contribution is -2.32. The predicted octanol–water partition coefficient (Wildman–Crippen LogP) is 3.94. The van der Waals surface area contributed by atoms with Gasteiger partial charge in [-0.15, -0.1) is 0 Å². The first-order chi connectivity index (χ1) is 16.3. The zero-order valence-electron chi connectivity index (χ0n) is 19.7. The number of amides is 1. The van der Waals surface area contributed by atoms with Crippen molar-refractivity contribution in [2.45, 2.75) is 50.3 Å². The van der Waals surface area contributed by atoms with E-state index in [2.05, 4.69) is 5.32 Å². The molecule has 0 aliphatic carbocycles. The van der Waals surface area contributed by atoms with Gasteiger partial charge in [-0.3, -0.25) is 4.79 Å². The molecule has 184 valence electrons. The molecule has 0 atom stereocenters. The van der Waals surface area contributed by atoms with E-state index in [1.165, 1.54) is 16.4 Å². The number of anilines is 1. The second-order valence-corrected chi connectivity index (χ2v) is 10.5. The summed E-state index contributed by atoms with van der Waals surface area (Å²) in [5, 5.41) is 2.58. The molecule has 0 radical (unpaired) electrons. The highest BCUT2D eigenvalue weighted by Gasteiger charge is 2.25. The fourth-order valence-corrected chi connectivity index (χ4v) is 5.34. The molecule has 0 aromatic heterocycles. The van der Waals surface area contributed by atoms with Crippen LogP contribution in [0.3, 0.4) is 0 Å². The van der Waals surface area contributed by atoms with E-state index in [1.54, 1.807) is 18.2 Å². The fourth-order valence-electron chi connectivity index (χ4n) is 3.78. The van der Waals surface area contributed by atoms with Crippen molar-refractivity contribution < 1.29 is 27.5 Å². The van der Waals surface area contributed by atoms with E-state index >= 15 is 0 Å². The van der Waals surface area contributed by atoms with E-state index < -0.39 is 28.5 Å². The van der Waals surface area contributed by atoms with Crippen molar-refractivity contribution in [2.75, 3.05) is 31.6 Å². The van der Waals surface area contributed by atoms with E-state index in [0.29, 0.717) is 24.5 Å². The molecule has 9 heteroatoms. The standard InChI is InChI=1S/C25H32N2O6S/c1-19(2)22-12-5-6-13-23(22)32-18-25(29)33-17-24(28)26-20-10-9-11-21(16-20)34(30,31)27-14-7-3-4-8-15-27/h5-6,9-13,16,19H,3-4,7-8,14-15,17-18H2,1-2H3,(H,26,28). The first kappa shape index (κ1) is 25.7. The van der Waals surface area contributed by atoms with Crippen molar-refractivity contribution in [3.63, 3.8) is 0 Å². The van der Waals surface area contributed by atoms with Crippen molar-refractivity contribution in [2.24, 2.45) is 0 Å². The maximum atomic E-state index is 13.0. The van der Waals surface area contributed by atoms with Gasteiger partial charge in [0.25, 0.3) is 5.91 Å². The Hall–Kier alpha value is -2.91. The Balaban J connectivity index is 1.52. The van der Waals surface area contributed by atoms with E-state index in [9.17, 15) is 18.0 Å². The Kier molecular flexibility index (Phi) is 9.06. The van der Waals surface area contributed by atoms with Crippen LogP contribution in [-0.4, -0.2) is 50.9 Å². The van der Waals surface area contributed by atoms with Gasteiger partial charge in [0.05, 0.1) is 4.90 Å². The third-order valence-electron chi connectivity index (χ3n) is 5.57. The molecule has 2 aromatic carbocycles. The van der Waals surface area contributed by atoms with Gasteiger partial charge < -0.3 is 14.8 Å². The third kappa shape index (κ3) is 7.04. The van der Waals surface area contributed by atoms with E-state index in [-0.39, 0.29) is 17.4 Å². The van der Waals surface area contributed by atoms with Crippen LogP contribution < -0.4 is 10.1 Å². The van der Waals surface area contributed by atoms with Crippen LogP contribution in [0.15, 0.2) is 53.4 Å². The van der Waals surface area contributed by atoms with Crippen LogP contribution in [-0.2, 0) is 24.3 Å². The van der Waals surface area contributed by atoms with Gasteiger partial charge in [-0.05, 0) is 48.6 Å². The topological polar surface area (TPSA) is 102 Å². The predicted molar refractivity (Wildman–Crippen MR) is 129 cm³/mol. The molecule has 1 aliphatic heterocycles. The summed E-state index contributed by atoms with van der Waals surface area (Å²) in [4.78, 5) is 24.4. The summed E-state index contributed by atoms with van der Waals surface area (Å²) < 4.78 is 38.0. The number of hydrogen-bond acceptors (Lipinski definition) is 6. The molecular formula is C25H32N2O6S. The first-order valence-corrected chi connectivity index (χ1v) is 13.0. The molecular weight excluding hydrogens is 456 g/mol. The molecule has 3 rings (SSSR count). The summed E-state index contributed by atoms with van der Waals surface area (Å²) in [7, 11) is -3.63. The van der Waals surface area contributed by atoms with Gasteiger partial charge >= 0.3 is 5.97 Å². The zero-order valence-corrected chi connectivity index (χ0v) is 20.5. The van der Waals surface area contributed by atoms with Crippen LogP contribution >= 0.6 is 0 Å². The Labute approximate surface area is 201 Å². The Bertz CT molecular complexity index is 1090. The number of carbonyl (C=O) groups excluding carboxylic acids is 2. The summed E-state index contributed by atoms with van der Waals surface area (Å²) >= 11 is 0. The molecule has 0 saturated carbocycles. The lowest BCUT2D eigenvalue weighted by atomic mass is 10.0. The number of rotatable bonds is 9. The van der Waals surface area contributed by atoms with Crippen LogP contribution in [0.2, 0.25) is 0 Å². The Morgan fingerprint density at radius 2 is 1.68 bits per heavy atom. The van der Waals surface area contributed by atoms with Crippen molar-refractivity contribution in [3.8, 4) is 5.75 Å². The van der Waals surface area contributed by atoms with Gasteiger partial charge in [0, 0.05) is 18.8 Å². The van der Waals surface area contributed by atoms with Crippen molar-refractivity contribution in [1.29, 1.82) is 0 Å². The summed E-state index contributed by atoms with van der Waals surface area (Å²) in [5.41, 5.74) is 1.29. The minimum atomic E-state index is -3.63. The second-order valence-electron chi connectivity index (χ2n) is 8.54. The summed E-state index contributed by atoms with van der Waals surface area (Å²) in [6, 6.07) is 13.5. The van der Waals surface area contributed by atoms with Gasteiger partial charge in [-0.25, -0.2) is 13.2 Å². The van der Waals surface area contributed by atoms with Crippen molar-refractivity contribution >= 4 is 27.6 Å². The number of nitrogens with one attached hydrogen (secondary N) is 1. The zero-order chi connectivity index (χ0) is 24.6. The van der Waals surface area contributed by atoms with Gasteiger partial charge in [0.1, 0.15) is 5.75 Å². The maximum absolute atomic E-state index is 13.0. The van der Waals surface area contributed by atoms with Crippen LogP contribution in [0, 0.1) is 0 Å². The van der Waals surface area contributed by atoms with E-state index in [0.717, 1.165) is 31.2 Å². The number of benzene rings is 2. The molecule has 0 unspecified atom stereocenters. The normalized spacial score (nSPS) is 14.9. The minimum Gasteiger partial charge on any atom is -0.482 e. The number of ether oxygens (including phenoxy) is 2. The monoisotopic (exact) mass is 488 g/mol. The van der Waals surface area contributed by atoms with Crippen molar-refractivity contribution in [1.82, 2.24) is 4.31 Å². The Morgan fingerprint density at radius 1 is 0.971 bits per heavy atom. The van der Waals surface area contributed by atoms with Gasteiger partial charge in [-0.1, -0.05) is 51.0 Å². The molecule has 1 heterocycles. The highest BCUT2D eigenvalue weighted by Crippen LogP contribution is 2.26. The first-order valence-electron chi connectivity index (χ1n) is 11.5. The van der Waals surface area contributed by atoms with Crippen LogP contribution in [0.4, 0.5) is 5.69 Å². The van der Waals surface area contributed by atoms with E-state index in [4.69, 9.17) is 9.47 Å². The fraction of sp³-hybridized carbons (Fsp3) is 0.440. The average molecular weight is 489 g/mol. The Morgan fingerprint density at radius 3 is 2.38 bits per heavy atom. The number of para-hydroxylation sites is 1. The minimum absolute atomic E-state index is 0.126. The third-order valence-corrected chi connectivity index (χ3v) is 7.47. The van der Waals surface area contributed by atoms with Crippen LogP contribution in [0.25, 0.3) is 0 Å². The summed E-state index contributed by atoms with van der Waals surface area (Å²) in [6.45, 7) is 4.23. The van der Waals surface area contributed by atoms with Crippen LogP contribution in [0.1, 0.15) is 51.0 Å². The summed E-state index contributed by atoms with van der Waals surface area (Å²) in [6.07, 6.45) is 3.73. The smallest absolute Gasteiger partial charge is 0.344 e. The largest absolute Gasteiger partial charge is 0.482 e. The average Bonchev–Trinajstić information content (AvgIpc) is 3.12. The van der Waals surface area contributed by atoms with Gasteiger partial charge in [0.15, 0.2) is 13.2 Å². The summed E-state index contributed by atoms with van der Waals surface area (Å²) in [5.74, 6) is -0.412. The lowest BCUT2D eigenvalue weighted by Gasteiger charge is -2.20. The highest BCUT2D eigenvalue weighted by molar-refractivity contribution is 7.89. The highest BCUT2D eigenvalue weighted by atomic mass is 32.2. The molecule has 1 N–H and O–H groups in total. The maximum Gasteiger partial charge on any atom is 0.344 e. The van der Waals surface area contributed by atoms with Gasteiger partial charge in [-0.2, -0.15) is 4.31 Å². The number of nitrogens with zero attached hydrogens (tertiary/aromatic N) is 1. The number of sulfonamides is 1. The van der Waals surface area contributed by atoms with E-state index in [1.807, 2.05) is 32.0 Å². The van der Waals surface area contributed by atoms with Crippen LogP contribution in [0.5, 0.6) is 5.75 Å². The molecule has 1 aliphatic rings. The molecule has 8 nitrogen and oxygen atoms in total. The van der Waals surface area contributed by atoms with Gasteiger partial charge in [0.2, 0.25) is 10.0 Å². The van der Waals surface area contributed by atoms with Crippen molar-refractivity contribution in [3.05, 3.63) is 54.1 Å². The molecule has 0 bridgehead atoms. The molecule has 1 amide bonds. The quantitative estimate of drug-likeness (QED) is 0.537. The number of esters is 1. The molecule has 1 fully saturated rings. The number of carbonyl (C=O) groups is 2. The number of hydrogen-bond donors (Lipinski definition) is 1. The SMILES string of the molecule is CC(C)c1ccccc1OCC(=O)OCC(=O)Nc1cccc(S(=O)(=O)N2CCCCCC2)c1. The molecule has 2 aromatic rings.